The standard InChI is InChI=1S/C12H10N2OS/c1-16-11-4-2-9(3-5-11)12-13-7-6-10(8-15)14-12/h2-8H,1H3. The van der Waals surface area contributed by atoms with E-state index in [9.17, 15) is 4.79 Å². The van der Waals surface area contributed by atoms with Crippen molar-refractivity contribution in [2.75, 3.05) is 6.26 Å². The summed E-state index contributed by atoms with van der Waals surface area (Å²) in [6.07, 6.45) is 4.34. The average molecular weight is 230 g/mol. The maximum absolute atomic E-state index is 10.6. The molecule has 0 N–H and O–H groups in total. The van der Waals surface area contributed by atoms with Crippen LogP contribution < -0.4 is 0 Å². The van der Waals surface area contributed by atoms with Crippen molar-refractivity contribution in [3.8, 4) is 11.4 Å². The van der Waals surface area contributed by atoms with E-state index in [1.54, 1.807) is 24.0 Å². The van der Waals surface area contributed by atoms with E-state index in [2.05, 4.69) is 9.97 Å². The van der Waals surface area contributed by atoms with Crippen LogP contribution in [0.1, 0.15) is 10.5 Å². The minimum Gasteiger partial charge on any atom is -0.296 e. The quantitative estimate of drug-likeness (QED) is 0.600. The molecule has 1 aromatic heterocycles. The SMILES string of the molecule is CSc1ccc(-c2nccc(C=O)n2)cc1. The van der Waals surface area contributed by atoms with Crippen molar-refractivity contribution in [3.05, 3.63) is 42.2 Å². The summed E-state index contributed by atoms with van der Waals surface area (Å²) in [7, 11) is 0. The van der Waals surface area contributed by atoms with Crippen LogP contribution in [0.4, 0.5) is 0 Å². The van der Waals surface area contributed by atoms with Crippen LogP contribution in [-0.2, 0) is 0 Å². The number of hydrogen-bond acceptors (Lipinski definition) is 4. The topological polar surface area (TPSA) is 42.9 Å². The average Bonchev–Trinajstić information content (AvgIpc) is 2.39. The predicted molar refractivity (Wildman–Crippen MR) is 64.6 cm³/mol. The van der Waals surface area contributed by atoms with Crippen molar-refractivity contribution in [1.29, 1.82) is 0 Å². The summed E-state index contributed by atoms with van der Waals surface area (Å²) in [6, 6.07) is 9.52. The number of rotatable bonds is 3. The number of nitrogens with zero attached hydrogens (tertiary/aromatic N) is 2. The number of aldehydes is 1. The Morgan fingerprint density at radius 2 is 1.94 bits per heavy atom. The van der Waals surface area contributed by atoms with Crippen molar-refractivity contribution < 1.29 is 4.79 Å². The van der Waals surface area contributed by atoms with Gasteiger partial charge in [0.15, 0.2) is 12.1 Å². The Balaban J connectivity index is 2.38. The van der Waals surface area contributed by atoms with Crippen molar-refractivity contribution in [3.63, 3.8) is 0 Å². The monoisotopic (exact) mass is 230 g/mol. The Bertz CT molecular complexity index is 497. The minimum absolute atomic E-state index is 0.402. The molecule has 2 aromatic rings. The molecule has 0 saturated carbocycles. The molecule has 0 amide bonds. The molecule has 4 heteroatoms. The van der Waals surface area contributed by atoms with Crippen LogP contribution in [-0.4, -0.2) is 22.5 Å². The lowest BCUT2D eigenvalue weighted by Crippen LogP contribution is -1.93. The first-order valence-electron chi connectivity index (χ1n) is 4.76. The third kappa shape index (κ3) is 2.28. The van der Waals surface area contributed by atoms with Gasteiger partial charge in [-0.3, -0.25) is 4.79 Å². The second kappa shape index (κ2) is 4.90. The lowest BCUT2D eigenvalue weighted by atomic mass is 10.2. The van der Waals surface area contributed by atoms with Gasteiger partial charge in [-0.05, 0) is 24.5 Å². The van der Waals surface area contributed by atoms with E-state index in [1.807, 2.05) is 30.5 Å². The van der Waals surface area contributed by atoms with Crippen LogP contribution in [0.3, 0.4) is 0 Å². The van der Waals surface area contributed by atoms with Gasteiger partial charge in [-0.1, -0.05) is 12.1 Å². The number of thioether (sulfide) groups is 1. The Morgan fingerprint density at radius 3 is 2.56 bits per heavy atom. The lowest BCUT2D eigenvalue weighted by Gasteiger charge is -2.01. The molecule has 1 aromatic carbocycles. The van der Waals surface area contributed by atoms with Gasteiger partial charge in [0, 0.05) is 16.7 Å². The Hall–Kier alpha value is -1.68. The smallest absolute Gasteiger partial charge is 0.168 e. The summed E-state index contributed by atoms with van der Waals surface area (Å²) in [4.78, 5) is 20.1. The summed E-state index contributed by atoms with van der Waals surface area (Å²) in [5, 5.41) is 0. The van der Waals surface area contributed by atoms with Crippen LogP contribution in [0.5, 0.6) is 0 Å². The van der Waals surface area contributed by atoms with Gasteiger partial charge in [0.2, 0.25) is 0 Å². The van der Waals surface area contributed by atoms with Crippen LogP contribution in [0.25, 0.3) is 11.4 Å². The molecule has 0 fully saturated rings. The maximum atomic E-state index is 10.6. The number of hydrogen-bond donors (Lipinski definition) is 0. The van der Waals surface area contributed by atoms with Crippen LogP contribution in [0.15, 0.2) is 41.4 Å². The molecule has 1 heterocycles. The van der Waals surface area contributed by atoms with Gasteiger partial charge >= 0.3 is 0 Å². The van der Waals surface area contributed by atoms with Crippen molar-refractivity contribution in [2.24, 2.45) is 0 Å². The summed E-state index contributed by atoms with van der Waals surface area (Å²) in [5.74, 6) is 0.581. The van der Waals surface area contributed by atoms with E-state index >= 15 is 0 Å². The fourth-order valence-electron chi connectivity index (χ4n) is 1.32. The summed E-state index contributed by atoms with van der Waals surface area (Å²) in [5.41, 5.74) is 1.32. The normalized spacial score (nSPS) is 10.1. The molecular formula is C12H10N2OS. The third-order valence-electron chi connectivity index (χ3n) is 2.15. The predicted octanol–water partition coefficient (Wildman–Crippen LogP) is 2.68. The van der Waals surface area contributed by atoms with E-state index in [0.29, 0.717) is 11.5 Å². The number of carbonyl (C=O) groups is 1. The molecule has 80 valence electrons. The molecule has 2 rings (SSSR count). The first-order chi connectivity index (χ1) is 7.83. The van der Waals surface area contributed by atoms with Crippen molar-refractivity contribution in [2.45, 2.75) is 4.90 Å². The Labute approximate surface area is 97.9 Å². The number of benzene rings is 1. The zero-order valence-electron chi connectivity index (χ0n) is 8.75. The molecular weight excluding hydrogens is 220 g/mol. The van der Waals surface area contributed by atoms with Gasteiger partial charge in [0.05, 0.1) is 0 Å². The van der Waals surface area contributed by atoms with Crippen LogP contribution in [0, 0.1) is 0 Å². The zero-order chi connectivity index (χ0) is 11.4. The first kappa shape index (κ1) is 10.8. The summed E-state index contributed by atoms with van der Waals surface area (Å²) >= 11 is 1.68. The molecule has 0 aliphatic rings. The number of carbonyl (C=O) groups excluding carboxylic acids is 1. The van der Waals surface area contributed by atoms with E-state index in [0.717, 1.165) is 11.8 Å². The van der Waals surface area contributed by atoms with E-state index in [-0.39, 0.29) is 0 Å². The molecule has 0 atom stereocenters. The molecule has 0 aliphatic heterocycles. The largest absolute Gasteiger partial charge is 0.296 e. The Kier molecular flexibility index (Phi) is 3.31. The van der Waals surface area contributed by atoms with Crippen LogP contribution >= 0.6 is 11.8 Å². The third-order valence-corrected chi connectivity index (χ3v) is 2.89. The molecule has 0 radical (unpaired) electrons. The number of aromatic nitrogens is 2. The Morgan fingerprint density at radius 1 is 1.19 bits per heavy atom. The fraction of sp³-hybridized carbons (Fsp3) is 0.0833. The molecule has 0 unspecified atom stereocenters. The van der Waals surface area contributed by atoms with Gasteiger partial charge in [-0.2, -0.15) is 0 Å². The van der Waals surface area contributed by atoms with E-state index < -0.39 is 0 Å². The maximum Gasteiger partial charge on any atom is 0.168 e. The highest BCUT2D eigenvalue weighted by Gasteiger charge is 2.01. The van der Waals surface area contributed by atoms with Crippen molar-refractivity contribution in [1.82, 2.24) is 9.97 Å². The highest BCUT2D eigenvalue weighted by Crippen LogP contribution is 2.20. The lowest BCUT2D eigenvalue weighted by molar-refractivity contribution is 0.111. The highest BCUT2D eigenvalue weighted by atomic mass is 32.2. The van der Waals surface area contributed by atoms with Crippen LogP contribution in [0.2, 0.25) is 0 Å². The zero-order valence-corrected chi connectivity index (χ0v) is 9.57. The van der Waals surface area contributed by atoms with E-state index in [1.165, 1.54) is 4.90 Å². The minimum atomic E-state index is 0.402. The molecule has 0 aliphatic carbocycles. The molecule has 0 bridgehead atoms. The van der Waals surface area contributed by atoms with E-state index in [4.69, 9.17) is 0 Å². The molecule has 0 spiro atoms. The van der Waals surface area contributed by atoms with Gasteiger partial charge in [0.1, 0.15) is 5.69 Å². The summed E-state index contributed by atoms with van der Waals surface area (Å²) < 4.78 is 0. The molecule has 16 heavy (non-hydrogen) atoms. The van der Waals surface area contributed by atoms with Gasteiger partial charge in [-0.15, -0.1) is 11.8 Å². The van der Waals surface area contributed by atoms with Gasteiger partial charge in [0.25, 0.3) is 0 Å². The van der Waals surface area contributed by atoms with Gasteiger partial charge < -0.3 is 0 Å². The summed E-state index contributed by atoms with van der Waals surface area (Å²) in [6.45, 7) is 0. The second-order valence-electron chi connectivity index (χ2n) is 3.15. The molecule has 0 saturated heterocycles. The second-order valence-corrected chi connectivity index (χ2v) is 4.03. The first-order valence-corrected chi connectivity index (χ1v) is 5.98. The van der Waals surface area contributed by atoms with Crippen molar-refractivity contribution >= 4 is 18.0 Å². The molecule has 3 nitrogen and oxygen atoms in total. The van der Waals surface area contributed by atoms with Gasteiger partial charge in [-0.25, -0.2) is 9.97 Å². The fourth-order valence-corrected chi connectivity index (χ4v) is 1.73. The highest BCUT2D eigenvalue weighted by molar-refractivity contribution is 7.98.